The number of carbonyl (C=O) groups is 1. The van der Waals surface area contributed by atoms with Crippen LogP contribution in [0.15, 0.2) is 0 Å². The summed E-state index contributed by atoms with van der Waals surface area (Å²) in [7, 11) is 0. The first-order chi connectivity index (χ1) is 6.83. The van der Waals surface area contributed by atoms with Gasteiger partial charge in [0, 0.05) is 13.0 Å². The first-order valence-electron chi connectivity index (χ1n) is 4.94. The van der Waals surface area contributed by atoms with Crippen molar-refractivity contribution in [1.82, 2.24) is 4.90 Å². The second-order valence-electron chi connectivity index (χ2n) is 3.62. The maximum Gasteiger partial charge on any atom is 0.323 e. The monoisotopic (exact) mass is 201 g/mol. The molecule has 80 valence electrons. The Bertz CT molecular complexity index is 221. The normalized spacial score (nSPS) is 34.5. The summed E-state index contributed by atoms with van der Waals surface area (Å²) in [5.41, 5.74) is 0. The maximum absolute atomic E-state index is 11.3. The standard InChI is InChI=1S/C9H15NO4/c11-5-7-6-13-4-2-10(7)8-1-3-14-9(8)12/h7-8,11H,1-6H2. The molecular formula is C9H15NO4. The van der Waals surface area contributed by atoms with Crippen LogP contribution in [-0.2, 0) is 14.3 Å². The van der Waals surface area contributed by atoms with E-state index in [0.717, 1.165) is 6.42 Å². The smallest absolute Gasteiger partial charge is 0.323 e. The largest absolute Gasteiger partial charge is 0.464 e. The van der Waals surface area contributed by atoms with Gasteiger partial charge in [0.05, 0.1) is 32.5 Å². The minimum absolute atomic E-state index is 0.0315. The Labute approximate surface area is 82.6 Å². The van der Waals surface area contributed by atoms with E-state index in [9.17, 15) is 4.79 Å². The van der Waals surface area contributed by atoms with E-state index in [4.69, 9.17) is 14.6 Å². The molecule has 0 aromatic heterocycles. The second kappa shape index (κ2) is 4.25. The van der Waals surface area contributed by atoms with Crippen LogP contribution in [0.4, 0.5) is 0 Å². The van der Waals surface area contributed by atoms with E-state index < -0.39 is 0 Å². The van der Waals surface area contributed by atoms with Gasteiger partial charge in [-0.3, -0.25) is 9.69 Å². The van der Waals surface area contributed by atoms with E-state index in [1.54, 1.807) is 0 Å². The van der Waals surface area contributed by atoms with E-state index in [0.29, 0.717) is 26.4 Å². The lowest BCUT2D eigenvalue weighted by Gasteiger charge is -2.36. The summed E-state index contributed by atoms with van der Waals surface area (Å²) >= 11 is 0. The molecule has 0 saturated carbocycles. The average Bonchev–Trinajstić information content (AvgIpc) is 2.64. The van der Waals surface area contributed by atoms with Crippen molar-refractivity contribution < 1.29 is 19.4 Å². The molecule has 2 atom stereocenters. The van der Waals surface area contributed by atoms with E-state index in [2.05, 4.69) is 0 Å². The zero-order valence-corrected chi connectivity index (χ0v) is 8.02. The number of morpholine rings is 1. The van der Waals surface area contributed by atoms with E-state index in [-0.39, 0.29) is 24.7 Å². The third-order valence-corrected chi connectivity index (χ3v) is 2.79. The first kappa shape index (κ1) is 9.89. The van der Waals surface area contributed by atoms with Crippen LogP contribution in [0.25, 0.3) is 0 Å². The molecule has 0 aliphatic carbocycles. The van der Waals surface area contributed by atoms with Gasteiger partial charge < -0.3 is 14.6 Å². The Morgan fingerprint density at radius 1 is 1.50 bits per heavy atom. The summed E-state index contributed by atoms with van der Waals surface area (Å²) in [6.45, 7) is 2.36. The molecule has 0 radical (unpaired) electrons. The number of hydrogen-bond donors (Lipinski definition) is 1. The van der Waals surface area contributed by atoms with Gasteiger partial charge in [-0.1, -0.05) is 0 Å². The number of carbonyl (C=O) groups excluding carboxylic acids is 1. The number of esters is 1. The first-order valence-corrected chi connectivity index (χ1v) is 4.94. The molecule has 1 N–H and O–H groups in total. The van der Waals surface area contributed by atoms with Crippen LogP contribution in [0.1, 0.15) is 6.42 Å². The van der Waals surface area contributed by atoms with Crippen LogP contribution >= 0.6 is 0 Å². The molecule has 2 saturated heterocycles. The third-order valence-electron chi connectivity index (χ3n) is 2.79. The van der Waals surface area contributed by atoms with Crippen LogP contribution in [0.2, 0.25) is 0 Å². The van der Waals surface area contributed by atoms with E-state index >= 15 is 0 Å². The van der Waals surface area contributed by atoms with Gasteiger partial charge in [-0.2, -0.15) is 0 Å². The summed E-state index contributed by atoms with van der Waals surface area (Å²) < 4.78 is 10.2. The lowest BCUT2D eigenvalue weighted by Crippen LogP contribution is -2.53. The van der Waals surface area contributed by atoms with Crippen molar-refractivity contribution in [3.05, 3.63) is 0 Å². The highest BCUT2D eigenvalue weighted by molar-refractivity contribution is 5.77. The van der Waals surface area contributed by atoms with Gasteiger partial charge in [0.25, 0.3) is 0 Å². The summed E-state index contributed by atoms with van der Waals surface area (Å²) in [6, 6.07) is -0.226. The summed E-state index contributed by atoms with van der Waals surface area (Å²) in [4.78, 5) is 13.3. The number of nitrogens with zero attached hydrogens (tertiary/aromatic N) is 1. The number of rotatable bonds is 2. The van der Waals surface area contributed by atoms with Crippen molar-refractivity contribution in [2.75, 3.05) is 33.0 Å². The van der Waals surface area contributed by atoms with Gasteiger partial charge in [-0.15, -0.1) is 0 Å². The Kier molecular flexibility index (Phi) is 3.00. The molecule has 2 fully saturated rings. The SMILES string of the molecule is O=C1OCCC1N1CCOCC1CO. The van der Waals surface area contributed by atoms with Crippen molar-refractivity contribution >= 4 is 5.97 Å². The molecule has 0 amide bonds. The quantitative estimate of drug-likeness (QED) is 0.580. The van der Waals surface area contributed by atoms with Crippen LogP contribution in [-0.4, -0.2) is 61.0 Å². The number of hydrogen-bond acceptors (Lipinski definition) is 5. The summed E-state index contributed by atoms with van der Waals surface area (Å²) in [5.74, 6) is -0.162. The number of aliphatic hydroxyl groups is 1. The number of cyclic esters (lactones) is 1. The Morgan fingerprint density at radius 2 is 2.36 bits per heavy atom. The van der Waals surface area contributed by atoms with Crippen molar-refractivity contribution in [3.63, 3.8) is 0 Å². The van der Waals surface area contributed by atoms with Crippen molar-refractivity contribution in [3.8, 4) is 0 Å². The Morgan fingerprint density at radius 3 is 3.00 bits per heavy atom. The molecule has 14 heavy (non-hydrogen) atoms. The van der Waals surface area contributed by atoms with Gasteiger partial charge in [-0.25, -0.2) is 0 Å². The molecule has 2 aliphatic heterocycles. The minimum atomic E-state index is -0.170. The van der Waals surface area contributed by atoms with Crippen molar-refractivity contribution in [1.29, 1.82) is 0 Å². The van der Waals surface area contributed by atoms with E-state index in [1.807, 2.05) is 4.90 Å². The molecule has 5 heteroatoms. The third kappa shape index (κ3) is 1.75. The van der Waals surface area contributed by atoms with Crippen LogP contribution < -0.4 is 0 Å². The highest BCUT2D eigenvalue weighted by Crippen LogP contribution is 2.19. The zero-order valence-electron chi connectivity index (χ0n) is 8.02. The van der Waals surface area contributed by atoms with Crippen LogP contribution in [0.3, 0.4) is 0 Å². The van der Waals surface area contributed by atoms with Crippen LogP contribution in [0.5, 0.6) is 0 Å². The lowest BCUT2D eigenvalue weighted by atomic mass is 10.1. The molecule has 5 nitrogen and oxygen atoms in total. The zero-order chi connectivity index (χ0) is 9.97. The molecule has 2 rings (SSSR count). The Balaban J connectivity index is 2.02. The molecule has 0 aromatic carbocycles. The molecule has 0 spiro atoms. The molecule has 0 bridgehead atoms. The predicted molar refractivity (Wildman–Crippen MR) is 47.8 cm³/mol. The molecule has 2 aliphatic rings. The Hall–Kier alpha value is -0.650. The fourth-order valence-electron chi connectivity index (χ4n) is 2.02. The van der Waals surface area contributed by atoms with Gasteiger partial charge in [-0.05, 0) is 0 Å². The van der Waals surface area contributed by atoms with Gasteiger partial charge in [0.1, 0.15) is 6.04 Å². The minimum Gasteiger partial charge on any atom is -0.464 e. The summed E-state index contributed by atoms with van der Waals surface area (Å²) in [6.07, 6.45) is 0.731. The average molecular weight is 201 g/mol. The van der Waals surface area contributed by atoms with Gasteiger partial charge in [0.15, 0.2) is 0 Å². The van der Waals surface area contributed by atoms with Crippen LogP contribution in [0, 0.1) is 0 Å². The van der Waals surface area contributed by atoms with Crippen molar-refractivity contribution in [2.45, 2.75) is 18.5 Å². The predicted octanol–water partition coefficient (Wildman–Crippen LogP) is -1.00. The fourth-order valence-corrected chi connectivity index (χ4v) is 2.02. The van der Waals surface area contributed by atoms with Gasteiger partial charge >= 0.3 is 5.97 Å². The van der Waals surface area contributed by atoms with Gasteiger partial charge in [0.2, 0.25) is 0 Å². The number of ether oxygens (including phenoxy) is 2. The highest BCUT2D eigenvalue weighted by Gasteiger charge is 2.37. The van der Waals surface area contributed by atoms with E-state index in [1.165, 1.54) is 0 Å². The molecule has 0 aromatic rings. The summed E-state index contributed by atoms with van der Waals surface area (Å²) in [5, 5.41) is 9.13. The maximum atomic E-state index is 11.3. The van der Waals surface area contributed by atoms with Crippen molar-refractivity contribution in [2.24, 2.45) is 0 Å². The second-order valence-corrected chi connectivity index (χ2v) is 3.62. The number of aliphatic hydroxyl groups excluding tert-OH is 1. The topological polar surface area (TPSA) is 59.0 Å². The lowest BCUT2D eigenvalue weighted by molar-refractivity contribution is -0.145. The molecular weight excluding hydrogens is 186 g/mol. The molecule has 2 unspecified atom stereocenters. The highest BCUT2D eigenvalue weighted by atomic mass is 16.5. The fraction of sp³-hybridized carbons (Fsp3) is 0.889. The molecule has 2 heterocycles.